The molecule has 0 bridgehead atoms. The number of aromatic nitrogens is 1. The number of nitrogens with one attached hydrogen (secondary N) is 1. The molecule has 1 aromatic rings. The molecule has 0 saturated carbocycles. The van der Waals surface area contributed by atoms with Gasteiger partial charge in [0.1, 0.15) is 5.82 Å². The van der Waals surface area contributed by atoms with Gasteiger partial charge in [-0.2, -0.15) is 0 Å². The van der Waals surface area contributed by atoms with Crippen LogP contribution in [0.4, 0.5) is 5.82 Å². The molecule has 0 aromatic carbocycles. The molecule has 108 valence electrons. The van der Waals surface area contributed by atoms with Crippen molar-refractivity contribution in [2.45, 2.75) is 47.1 Å². The minimum atomic E-state index is 0.759. The fraction of sp³-hybridized carbons (Fsp3) is 0.688. The summed E-state index contributed by atoms with van der Waals surface area (Å²) in [6, 6.07) is 4.38. The van der Waals surface area contributed by atoms with E-state index in [2.05, 4.69) is 50.0 Å². The van der Waals surface area contributed by atoms with Gasteiger partial charge in [0.25, 0.3) is 0 Å². The first-order valence-electron chi connectivity index (χ1n) is 7.51. The molecule has 3 nitrogen and oxygen atoms in total. The molecular weight excluding hydrogens is 234 g/mol. The summed E-state index contributed by atoms with van der Waals surface area (Å²) in [5.41, 5.74) is 2.42. The van der Waals surface area contributed by atoms with E-state index in [4.69, 9.17) is 4.98 Å². The van der Waals surface area contributed by atoms with Gasteiger partial charge in [-0.05, 0) is 44.5 Å². The molecule has 0 aliphatic heterocycles. The SMILES string of the molecule is CCC(CC)CN(CC)c1cc(CNC)cc(C)n1. The van der Waals surface area contributed by atoms with Crippen LogP contribution in [-0.4, -0.2) is 25.1 Å². The molecule has 0 spiro atoms. The molecule has 0 saturated heterocycles. The Morgan fingerprint density at radius 1 is 1.21 bits per heavy atom. The molecule has 0 unspecified atom stereocenters. The Kier molecular flexibility index (Phi) is 6.85. The number of pyridine rings is 1. The van der Waals surface area contributed by atoms with Gasteiger partial charge in [-0.25, -0.2) is 4.98 Å². The molecule has 19 heavy (non-hydrogen) atoms. The minimum absolute atomic E-state index is 0.759. The second kappa shape index (κ2) is 8.16. The summed E-state index contributed by atoms with van der Waals surface area (Å²) in [5, 5.41) is 3.21. The van der Waals surface area contributed by atoms with E-state index in [9.17, 15) is 0 Å². The summed E-state index contributed by atoms with van der Waals surface area (Å²) in [6.45, 7) is 11.9. The summed E-state index contributed by atoms with van der Waals surface area (Å²) >= 11 is 0. The van der Waals surface area contributed by atoms with Gasteiger partial charge in [-0.1, -0.05) is 26.7 Å². The number of hydrogen-bond acceptors (Lipinski definition) is 3. The van der Waals surface area contributed by atoms with Crippen LogP contribution in [0.3, 0.4) is 0 Å². The molecule has 0 amide bonds. The quantitative estimate of drug-likeness (QED) is 0.779. The van der Waals surface area contributed by atoms with E-state index in [1.54, 1.807) is 0 Å². The predicted octanol–water partition coefficient (Wildman–Crippen LogP) is 3.37. The maximum absolute atomic E-state index is 4.71. The number of hydrogen-bond donors (Lipinski definition) is 1. The fourth-order valence-corrected chi connectivity index (χ4v) is 2.43. The first-order valence-corrected chi connectivity index (χ1v) is 7.51. The van der Waals surface area contributed by atoms with E-state index < -0.39 is 0 Å². The lowest BCUT2D eigenvalue weighted by Gasteiger charge is -2.27. The third-order valence-electron chi connectivity index (χ3n) is 3.72. The van der Waals surface area contributed by atoms with Crippen LogP contribution in [0.1, 0.15) is 44.9 Å². The Hall–Kier alpha value is -1.09. The highest BCUT2D eigenvalue weighted by molar-refractivity contribution is 5.42. The summed E-state index contributed by atoms with van der Waals surface area (Å²) in [7, 11) is 1.98. The molecule has 0 aliphatic carbocycles. The highest BCUT2D eigenvalue weighted by Gasteiger charge is 2.12. The number of anilines is 1. The molecule has 1 N–H and O–H groups in total. The standard InChI is InChI=1S/C16H29N3/c1-6-14(7-2)12-19(8-3)16-10-15(11-17-5)9-13(4)18-16/h9-10,14,17H,6-8,11-12H2,1-5H3. The normalized spacial score (nSPS) is 11.1. The van der Waals surface area contributed by atoms with Crippen molar-refractivity contribution >= 4 is 5.82 Å². The molecule has 0 radical (unpaired) electrons. The average Bonchev–Trinajstić information content (AvgIpc) is 2.40. The van der Waals surface area contributed by atoms with Crippen molar-refractivity contribution in [3.05, 3.63) is 23.4 Å². The lowest BCUT2D eigenvalue weighted by Crippen LogP contribution is -2.30. The molecular formula is C16H29N3. The van der Waals surface area contributed by atoms with Gasteiger partial charge in [0.05, 0.1) is 0 Å². The Labute approximate surface area is 118 Å². The zero-order chi connectivity index (χ0) is 14.3. The second-order valence-corrected chi connectivity index (χ2v) is 5.23. The van der Waals surface area contributed by atoms with E-state index in [-0.39, 0.29) is 0 Å². The van der Waals surface area contributed by atoms with Crippen molar-refractivity contribution < 1.29 is 0 Å². The van der Waals surface area contributed by atoms with Gasteiger partial charge in [0, 0.05) is 25.3 Å². The molecule has 0 fully saturated rings. The molecule has 0 atom stereocenters. The molecule has 1 aromatic heterocycles. The molecule has 1 heterocycles. The van der Waals surface area contributed by atoms with Crippen molar-refractivity contribution in [3.63, 3.8) is 0 Å². The number of aryl methyl sites for hydroxylation is 1. The van der Waals surface area contributed by atoms with Crippen LogP contribution in [0.5, 0.6) is 0 Å². The first-order chi connectivity index (χ1) is 9.14. The van der Waals surface area contributed by atoms with Crippen molar-refractivity contribution in [3.8, 4) is 0 Å². The van der Waals surface area contributed by atoms with Crippen LogP contribution in [0.25, 0.3) is 0 Å². The van der Waals surface area contributed by atoms with E-state index in [0.717, 1.165) is 37.1 Å². The monoisotopic (exact) mass is 263 g/mol. The minimum Gasteiger partial charge on any atom is -0.357 e. The van der Waals surface area contributed by atoms with Crippen LogP contribution in [0.2, 0.25) is 0 Å². The number of nitrogens with zero attached hydrogens (tertiary/aromatic N) is 2. The van der Waals surface area contributed by atoms with Crippen molar-refractivity contribution in [1.82, 2.24) is 10.3 Å². The van der Waals surface area contributed by atoms with Crippen LogP contribution >= 0.6 is 0 Å². The van der Waals surface area contributed by atoms with Gasteiger partial charge in [0.2, 0.25) is 0 Å². The van der Waals surface area contributed by atoms with E-state index >= 15 is 0 Å². The fourth-order valence-electron chi connectivity index (χ4n) is 2.43. The Balaban J connectivity index is 2.90. The van der Waals surface area contributed by atoms with Crippen molar-refractivity contribution in [2.24, 2.45) is 5.92 Å². The second-order valence-electron chi connectivity index (χ2n) is 5.23. The van der Waals surface area contributed by atoms with Crippen LogP contribution in [0, 0.1) is 12.8 Å². The average molecular weight is 263 g/mol. The summed E-state index contributed by atoms with van der Waals surface area (Å²) in [6.07, 6.45) is 2.48. The van der Waals surface area contributed by atoms with E-state index in [1.165, 1.54) is 18.4 Å². The third kappa shape index (κ3) is 4.83. The van der Waals surface area contributed by atoms with Gasteiger partial charge in [-0.3, -0.25) is 0 Å². The lowest BCUT2D eigenvalue weighted by molar-refractivity contribution is 0.484. The van der Waals surface area contributed by atoms with Crippen molar-refractivity contribution in [2.75, 3.05) is 25.0 Å². The number of rotatable bonds is 8. The zero-order valence-corrected chi connectivity index (χ0v) is 13.2. The van der Waals surface area contributed by atoms with Gasteiger partial charge in [0.15, 0.2) is 0 Å². The van der Waals surface area contributed by atoms with Crippen LogP contribution in [0.15, 0.2) is 12.1 Å². The van der Waals surface area contributed by atoms with Gasteiger partial charge in [-0.15, -0.1) is 0 Å². The van der Waals surface area contributed by atoms with E-state index in [1.807, 2.05) is 7.05 Å². The topological polar surface area (TPSA) is 28.2 Å². The maximum Gasteiger partial charge on any atom is 0.129 e. The highest BCUT2D eigenvalue weighted by Crippen LogP contribution is 2.18. The third-order valence-corrected chi connectivity index (χ3v) is 3.72. The van der Waals surface area contributed by atoms with Crippen LogP contribution < -0.4 is 10.2 Å². The summed E-state index contributed by atoms with van der Waals surface area (Å²) < 4.78 is 0. The Bertz CT molecular complexity index is 372. The molecule has 0 aliphatic rings. The highest BCUT2D eigenvalue weighted by atomic mass is 15.2. The largest absolute Gasteiger partial charge is 0.357 e. The lowest BCUT2D eigenvalue weighted by atomic mass is 10.0. The van der Waals surface area contributed by atoms with Crippen molar-refractivity contribution in [1.29, 1.82) is 0 Å². The van der Waals surface area contributed by atoms with Gasteiger partial charge >= 0.3 is 0 Å². The summed E-state index contributed by atoms with van der Waals surface area (Å²) in [4.78, 5) is 7.11. The van der Waals surface area contributed by atoms with Crippen LogP contribution in [-0.2, 0) is 6.54 Å². The molecule has 1 rings (SSSR count). The zero-order valence-electron chi connectivity index (χ0n) is 13.2. The molecule has 3 heteroatoms. The summed E-state index contributed by atoms with van der Waals surface area (Å²) in [5.74, 6) is 1.88. The van der Waals surface area contributed by atoms with Gasteiger partial charge < -0.3 is 10.2 Å². The Morgan fingerprint density at radius 3 is 2.42 bits per heavy atom. The smallest absolute Gasteiger partial charge is 0.129 e. The first kappa shape index (κ1) is 16.0. The Morgan fingerprint density at radius 2 is 1.89 bits per heavy atom. The van der Waals surface area contributed by atoms with E-state index in [0.29, 0.717) is 0 Å². The predicted molar refractivity (Wildman–Crippen MR) is 83.7 cm³/mol. The maximum atomic E-state index is 4.71.